The molecule has 1 aromatic heterocycles. The van der Waals surface area contributed by atoms with E-state index in [1.807, 2.05) is 38.4 Å². The number of benzene rings is 1. The van der Waals surface area contributed by atoms with Crippen molar-refractivity contribution >= 4 is 17.3 Å². The molecule has 0 radical (unpaired) electrons. The second kappa shape index (κ2) is 6.30. The Balaban J connectivity index is 2.10. The smallest absolute Gasteiger partial charge is 0.221 e. The summed E-state index contributed by atoms with van der Waals surface area (Å²) >= 11 is 0. The summed E-state index contributed by atoms with van der Waals surface area (Å²) in [5, 5.41) is 10.4. The SMILES string of the molecule is COc1cc(NCc2cn(C)nc2C)ccc1NC(C)=O. The number of carbonyl (C=O) groups is 1. The second-order valence-corrected chi connectivity index (χ2v) is 4.86. The number of hydrogen-bond acceptors (Lipinski definition) is 4. The lowest BCUT2D eigenvalue weighted by Crippen LogP contribution is -2.07. The normalized spacial score (nSPS) is 10.3. The van der Waals surface area contributed by atoms with Crippen LogP contribution in [-0.2, 0) is 18.4 Å². The second-order valence-electron chi connectivity index (χ2n) is 4.86. The molecule has 6 heteroatoms. The van der Waals surface area contributed by atoms with Gasteiger partial charge in [0, 0.05) is 44.0 Å². The lowest BCUT2D eigenvalue weighted by atomic mass is 10.2. The van der Waals surface area contributed by atoms with E-state index in [1.165, 1.54) is 6.92 Å². The zero-order valence-electron chi connectivity index (χ0n) is 12.7. The zero-order chi connectivity index (χ0) is 15.4. The third-order valence-electron chi connectivity index (χ3n) is 3.11. The molecule has 0 bridgehead atoms. The van der Waals surface area contributed by atoms with Crippen molar-refractivity contribution in [2.45, 2.75) is 20.4 Å². The minimum absolute atomic E-state index is 0.125. The van der Waals surface area contributed by atoms with E-state index < -0.39 is 0 Å². The number of nitrogens with one attached hydrogen (secondary N) is 2. The van der Waals surface area contributed by atoms with E-state index in [9.17, 15) is 4.79 Å². The molecule has 6 nitrogen and oxygen atoms in total. The highest BCUT2D eigenvalue weighted by molar-refractivity contribution is 5.90. The van der Waals surface area contributed by atoms with Gasteiger partial charge in [0.1, 0.15) is 5.75 Å². The van der Waals surface area contributed by atoms with Crippen LogP contribution in [-0.4, -0.2) is 22.8 Å². The average molecular weight is 288 g/mol. The topological polar surface area (TPSA) is 68.2 Å². The predicted molar refractivity (Wildman–Crippen MR) is 82.6 cm³/mol. The van der Waals surface area contributed by atoms with Gasteiger partial charge in [-0.2, -0.15) is 5.10 Å². The highest BCUT2D eigenvalue weighted by Gasteiger charge is 2.07. The van der Waals surface area contributed by atoms with Gasteiger partial charge in [-0.05, 0) is 19.1 Å². The van der Waals surface area contributed by atoms with Gasteiger partial charge in [-0.3, -0.25) is 9.48 Å². The van der Waals surface area contributed by atoms with Crippen molar-refractivity contribution in [2.75, 3.05) is 17.7 Å². The molecule has 21 heavy (non-hydrogen) atoms. The number of ether oxygens (including phenoxy) is 1. The first-order chi connectivity index (χ1) is 9.99. The lowest BCUT2D eigenvalue weighted by molar-refractivity contribution is -0.114. The largest absolute Gasteiger partial charge is 0.494 e. The van der Waals surface area contributed by atoms with E-state index in [1.54, 1.807) is 11.8 Å². The van der Waals surface area contributed by atoms with Crippen LogP contribution in [0.5, 0.6) is 5.75 Å². The summed E-state index contributed by atoms with van der Waals surface area (Å²) in [4.78, 5) is 11.1. The molecule has 0 aliphatic rings. The van der Waals surface area contributed by atoms with Crippen molar-refractivity contribution in [3.8, 4) is 5.75 Å². The van der Waals surface area contributed by atoms with E-state index in [-0.39, 0.29) is 5.91 Å². The lowest BCUT2D eigenvalue weighted by Gasteiger charge is -2.12. The van der Waals surface area contributed by atoms with Crippen LogP contribution >= 0.6 is 0 Å². The number of nitrogens with zero attached hydrogens (tertiary/aromatic N) is 2. The Kier molecular flexibility index (Phi) is 4.47. The minimum Gasteiger partial charge on any atom is -0.494 e. The van der Waals surface area contributed by atoms with Crippen molar-refractivity contribution in [2.24, 2.45) is 7.05 Å². The first kappa shape index (κ1) is 14.9. The van der Waals surface area contributed by atoms with Crippen molar-refractivity contribution < 1.29 is 9.53 Å². The van der Waals surface area contributed by atoms with Crippen LogP contribution < -0.4 is 15.4 Å². The Morgan fingerprint density at radius 2 is 2.19 bits per heavy atom. The third kappa shape index (κ3) is 3.75. The molecule has 0 unspecified atom stereocenters. The van der Waals surface area contributed by atoms with Crippen LogP contribution in [0.3, 0.4) is 0 Å². The van der Waals surface area contributed by atoms with Crippen LogP contribution in [0.15, 0.2) is 24.4 Å². The maximum atomic E-state index is 11.1. The molecule has 112 valence electrons. The molecule has 2 N–H and O–H groups in total. The number of aryl methyl sites for hydroxylation is 2. The summed E-state index contributed by atoms with van der Waals surface area (Å²) in [5.74, 6) is 0.498. The van der Waals surface area contributed by atoms with Crippen molar-refractivity contribution in [3.05, 3.63) is 35.7 Å². The Hall–Kier alpha value is -2.50. The van der Waals surface area contributed by atoms with E-state index in [4.69, 9.17) is 4.74 Å². The molecule has 0 fully saturated rings. The van der Waals surface area contributed by atoms with Gasteiger partial charge in [0.25, 0.3) is 0 Å². The van der Waals surface area contributed by atoms with Crippen LogP contribution in [0.2, 0.25) is 0 Å². The van der Waals surface area contributed by atoms with E-state index in [0.717, 1.165) is 16.9 Å². The number of aromatic nitrogens is 2. The van der Waals surface area contributed by atoms with Crippen LogP contribution in [0.4, 0.5) is 11.4 Å². The monoisotopic (exact) mass is 288 g/mol. The number of hydrogen-bond donors (Lipinski definition) is 2. The summed E-state index contributed by atoms with van der Waals surface area (Å²) in [6.45, 7) is 4.14. The molecular formula is C15H20N4O2. The Bertz CT molecular complexity index is 649. The highest BCUT2D eigenvalue weighted by atomic mass is 16.5. The highest BCUT2D eigenvalue weighted by Crippen LogP contribution is 2.28. The van der Waals surface area contributed by atoms with Crippen LogP contribution in [0.25, 0.3) is 0 Å². The molecule has 0 saturated heterocycles. The first-order valence-electron chi connectivity index (χ1n) is 6.68. The van der Waals surface area contributed by atoms with Gasteiger partial charge in [-0.1, -0.05) is 0 Å². The van der Waals surface area contributed by atoms with E-state index in [0.29, 0.717) is 18.0 Å². The molecule has 1 amide bonds. The maximum absolute atomic E-state index is 11.1. The molecule has 1 heterocycles. The Morgan fingerprint density at radius 1 is 1.43 bits per heavy atom. The quantitative estimate of drug-likeness (QED) is 0.886. The molecule has 2 aromatic rings. The molecule has 0 spiro atoms. The number of methoxy groups -OCH3 is 1. The minimum atomic E-state index is -0.125. The average Bonchev–Trinajstić information content (AvgIpc) is 2.75. The van der Waals surface area contributed by atoms with E-state index in [2.05, 4.69) is 15.7 Å². The first-order valence-corrected chi connectivity index (χ1v) is 6.68. The van der Waals surface area contributed by atoms with E-state index >= 15 is 0 Å². The molecule has 0 atom stereocenters. The molecule has 0 aliphatic heterocycles. The van der Waals surface area contributed by atoms with Crippen LogP contribution in [0.1, 0.15) is 18.2 Å². The third-order valence-corrected chi connectivity index (χ3v) is 3.11. The number of rotatable bonds is 5. The fourth-order valence-electron chi connectivity index (χ4n) is 2.11. The van der Waals surface area contributed by atoms with Gasteiger partial charge in [0.05, 0.1) is 18.5 Å². The molecule has 2 rings (SSSR count). The molecule has 0 saturated carbocycles. The molecule has 0 aliphatic carbocycles. The van der Waals surface area contributed by atoms with Crippen molar-refractivity contribution in [1.29, 1.82) is 0 Å². The number of carbonyl (C=O) groups excluding carboxylic acids is 1. The Morgan fingerprint density at radius 3 is 2.76 bits per heavy atom. The fraction of sp³-hybridized carbons (Fsp3) is 0.333. The molecule has 1 aromatic carbocycles. The fourth-order valence-corrected chi connectivity index (χ4v) is 2.11. The van der Waals surface area contributed by atoms with Gasteiger partial charge >= 0.3 is 0 Å². The zero-order valence-corrected chi connectivity index (χ0v) is 12.7. The summed E-state index contributed by atoms with van der Waals surface area (Å²) in [5.41, 5.74) is 3.73. The van der Waals surface area contributed by atoms with Gasteiger partial charge < -0.3 is 15.4 Å². The summed E-state index contributed by atoms with van der Waals surface area (Å²) < 4.78 is 7.09. The molecular weight excluding hydrogens is 268 g/mol. The maximum Gasteiger partial charge on any atom is 0.221 e. The summed E-state index contributed by atoms with van der Waals surface area (Å²) in [6, 6.07) is 5.58. The van der Waals surface area contributed by atoms with Gasteiger partial charge in [0.2, 0.25) is 5.91 Å². The van der Waals surface area contributed by atoms with Gasteiger partial charge in [-0.25, -0.2) is 0 Å². The summed E-state index contributed by atoms with van der Waals surface area (Å²) in [7, 11) is 3.48. The van der Waals surface area contributed by atoms with Crippen LogP contribution in [0, 0.1) is 6.92 Å². The number of amides is 1. The van der Waals surface area contributed by atoms with Crippen molar-refractivity contribution in [1.82, 2.24) is 9.78 Å². The Labute approximate surface area is 124 Å². The van der Waals surface area contributed by atoms with Crippen molar-refractivity contribution in [3.63, 3.8) is 0 Å². The standard InChI is InChI=1S/C15H20N4O2/c1-10-12(9-19(3)18-10)8-16-13-5-6-14(17-11(2)20)15(7-13)21-4/h5-7,9,16H,8H2,1-4H3,(H,17,20). The van der Waals surface area contributed by atoms with Gasteiger partial charge in [-0.15, -0.1) is 0 Å². The van der Waals surface area contributed by atoms with Gasteiger partial charge in [0.15, 0.2) is 0 Å². The summed E-state index contributed by atoms with van der Waals surface area (Å²) in [6.07, 6.45) is 1.99. The number of anilines is 2. The predicted octanol–water partition coefficient (Wildman–Crippen LogP) is 2.31.